The molecule has 0 saturated carbocycles. The second-order valence-corrected chi connectivity index (χ2v) is 10.4. The van der Waals surface area contributed by atoms with Crippen molar-refractivity contribution in [1.82, 2.24) is 4.90 Å². The quantitative estimate of drug-likeness (QED) is 0.663. The highest BCUT2D eigenvalue weighted by Gasteiger charge is 2.34. The van der Waals surface area contributed by atoms with Crippen molar-refractivity contribution >= 4 is 32.9 Å². The number of nitrogens with one attached hydrogen (secondary N) is 2. The molecule has 5 nitrogen and oxygen atoms in total. The maximum atomic E-state index is 14.0. The molecule has 2 rings (SSSR count). The van der Waals surface area contributed by atoms with E-state index >= 15 is 0 Å². The van der Waals surface area contributed by atoms with Crippen LogP contribution in [0.4, 0.5) is 10.1 Å². The number of anilines is 1. The highest BCUT2D eigenvalue weighted by atomic mass is 32.2. The van der Waals surface area contributed by atoms with E-state index in [1.54, 1.807) is 18.2 Å². The number of para-hydroxylation sites is 1. The first kappa shape index (κ1) is 22.0. The Hall–Kier alpha value is -1.25. The second kappa shape index (κ2) is 9.30. The number of hydrogen-bond donors (Lipinski definition) is 2. The van der Waals surface area contributed by atoms with Crippen molar-refractivity contribution in [2.24, 2.45) is 0 Å². The Labute approximate surface area is 167 Å². The summed E-state index contributed by atoms with van der Waals surface area (Å²) in [5.41, 5.74) is 0.310. The van der Waals surface area contributed by atoms with Crippen molar-refractivity contribution in [3.05, 3.63) is 30.1 Å². The van der Waals surface area contributed by atoms with E-state index < -0.39 is 9.84 Å². The minimum Gasteiger partial charge on any atom is -0.339 e. The lowest BCUT2D eigenvalue weighted by Gasteiger charge is -2.34. The molecule has 0 unspecified atom stereocenters. The molecule has 1 fully saturated rings. The lowest BCUT2D eigenvalue weighted by atomic mass is 10.2. The maximum absolute atomic E-state index is 14.0. The topological polar surface area (TPSA) is 53.9 Å². The number of thiocarbonyl (C=S) groups is 1. The maximum Gasteiger partial charge on any atom is 0.173 e. The van der Waals surface area contributed by atoms with Crippen molar-refractivity contribution in [1.29, 1.82) is 0 Å². The Balaban J connectivity index is 2.16. The molecule has 1 saturated heterocycles. The molecule has 0 aromatic heterocycles. The van der Waals surface area contributed by atoms with Crippen LogP contribution in [-0.2, 0) is 9.84 Å². The summed E-state index contributed by atoms with van der Waals surface area (Å²) in [5.74, 6) is -0.0953. The van der Waals surface area contributed by atoms with Gasteiger partial charge in [-0.15, -0.1) is 0 Å². The number of rotatable bonds is 7. The Morgan fingerprint density at radius 3 is 2.44 bits per heavy atom. The first-order valence-corrected chi connectivity index (χ1v) is 11.7. The van der Waals surface area contributed by atoms with E-state index in [2.05, 4.69) is 33.0 Å². The SMILES string of the molecule is CC(C)[NH+](CCN(C(=S)Nc1ccccc1F)[C@@H]1CCS(=O)(=O)C1)C(C)C. The molecule has 2 N–H and O–H groups in total. The summed E-state index contributed by atoms with van der Waals surface area (Å²) in [7, 11) is -3.04. The van der Waals surface area contributed by atoms with Gasteiger partial charge in [-0.2, -0.15) is 0 Å². The summed E-state index contributed by atoms with van der Waals surface area (Å²) >= 11 is 5.56. The van der Waals surface area contributed by atoms with E-state index in [-0.39, 0.29) is 23.4 Å². The van der Waals surface area contributed by atoms with Gasteiger partial charge in [-0.25, -0.2) is 12.8 Å². The Kier molecular flexibility index (Phi) is 7.59. The molecule has 27 heavy (non-hydrogen) atoms. The lowest BCUT2D eigenvalue weighted by Crippen LogP contribution is -3.18. The van der Waals surface area contributed by atoms with Crippen LogP contribution in [0.3, 0.4) is 0 Å². The van der Waals surface area contributed by atoms with Crippen molar-refractivity contribution in [2.75, 3.05) is 29.9 Å². The molecule has 1 aromatic carbocycles. The summed E-state index contributed by atoms with van der Waals surface area (Å²) in [6.07, 6.45) is 0.556. The van der Waals surface area contributed by atoms with Gasteiger partial charge in [0.2, 0.25) is 0 Å². The molecule has 8 heteroatoms. The van der Waals surface area contributed by atoms with E-state index in [1.165, 1.54) is 11.0 Å². The van der Waals surface area contributed by atoms with E-state index in [0.717, 1.165) is 6.54 Å². The van der Waals surface area contributed by atoms with Gasteiger partial charge >= 0.3 is 0 Å². The van der Waals surface area contributed by atoms with Gasteiger partial charge in [0.1, 0.15) is 5.82 Å². The molecule has 0 bridgehead atoms. The number of nitrogens with zero attached hydrogens (tertiary/aromatic N) is 1. The summed E-state index contributed by atoms with van der Waals surface area (Å²) < 4.78 is 38.0. The fourth-order valence-electron chi connectivity index (χ4n) is 3.71. The van der Waals surface area contributed by atoms with Gasteiger partial charge in [0, 0.05) is 6.04 Å². The Morgan fingerprint density at radius 1 is 1.30 bits per heavy atom. The van der Waals surface area contributed by atoms with Crippen LogP contribution in [0.5, 0.6) is 0 Å². The van der Waals surface area contributed by atoms with Crippen LogP contribution in [0, 0.1) is 5.82 Å². The van der Waals surface area contributed by atoms with Crippen molar-refractivity contribution in [3.63, 3.8) is 0 Å². The zero-order chi connectivity index (χ0) is 20.2. The minimum absolute atomic E-state index is 0.102. The monoisotopic (exact) mass is 416 g/mol. The molecule has 1 aliphatic rings. The van der Waals surface area contributed by atoms with Crippen LogP contribution in [0.15, 0.2) is 24.3 Å². The van der Waals surface area contributed by atoms with Crippen LogP contribution in [0.25, 0.3) is 0 Å². The largest absolute Gasteiger partial charge is 0.339 e. The van der Waals surface area contributed by atoms with Crippen molar-refractivity contribution in [3.8, 4) is 0 Å². The van der Waals surface area contributed by atoms with E-state index in [1.807, 2.05) is 4.90 Å². The third-order valence-corrected chi connectivity index (χ3v) is 7.24. The number of quaternary nitrogens is 1. The molecule has 0 spiro atoms. The first-order valence-electron chi connectivity index (χ1n) is 9.49. The van der Waals surface area contributed by atoms with Gasteiger partial charge in [-0.3, -0.25) is 0 Å². The molecule has 152 valence electrons. The summed E-state index contributed by atoms with van der Waals surface area (Å²) in [6.45, 7) is 10.2. The molecule has 1 atom stereocenters. The Bertz CT molecular complexity index is 745. The fraction of sp³-hybridized carbons (Fsp3) is 0.632. The predicted octanol–water partition coefficient (Wildman–Crippen LogP) is 1.71. The minimum atomic E-state index is -3.04. The van der Waals surface area contributed by atoms with E-state index in [9.17, 15) is 12.8 Å². The number of hydrogen-bond acceptors (Lipinski definition) is 3. The standard InChI is InChI=1S/C19H30FN3O2S2/c1-14(2)22(15(3)4)10-11-23(16-9-12-27(24,25)13-16)19(26)21-18-8-6-5-7-17(18)20/h5-8,14-16H,9-13H2,1-4H3,(H,21,26)/p+1/t16-/m1/s1. The first-order chi connectivity index (χ1) is 12.6. The van der Waals surface area contributed by atoms with E-state index in [0.29, 0.717) is 35.8 Å². The van der Waals surface area contributed by atoms with Crippen LogP contribution in [-0.4, -0.2) is 61.2 Å². The lowest BCUT2D eigenvalue weighted by molar-refractivity contribution is -0.941. The van der Waals surface area contributed by atoms with Gasteiger partial charge in [-0.1, -0.05) is 12.1 Å². The smallest absolute Gasteiger partial charge is 0.173 e. The van der Waals surface area contributed by atoms with Crippen LogP contribution >= 0.6 is 12.2 Å². The van der Waals surface area contributed by atoms with Crippen molar-refractivity contribution < 1.29 is 17.7 Å². The molecule has 0 aliphatic carbocycles. The average molecular weight is 417 g/mol. The fourth-order valence-corrected chi connectivity index (χ4v) is 5.80. The second-order valence-electron chi connectivity index (χ2n) is 7.79. The zero-order valence-corrected chi connectivity index (χ0v) is 18.2. The Morgan fingerprint density at radius 2 is 1.93 bits per heavy atom. The summed E-state index contributed by atoms with van der Waals surface area (Å²) in [4.78, 5) is 3.37. The molecule has 0 amide bonds. The summed E-state index contributed by atoms with van der Waals surface area (Å²) in [5, 5.41) is 3.36. The number of sulfone groups is 1. The highest BCUT2D eigenvalue weighted by Crippen LogP contribution is 2.20. The predicted molar refractivity (Wildman–Crippen MR) is 112 cm³/mol. The van der Waals surface area contributed by atoms with Crippen molar-refractivity contribution in [2.45, 2.75) is 52.2 Å². The third-order valence-electron chi connectivity index (χ3n) is 5.15. The molecule has 0 radical (unpaired) electrons. The normalized spacial score (nSPS) is 19.0. The molecule has 1 heterocycles. The van der Waals surface area contributed by atoms with Gasteiger partial charge in [-0.05, 0) is 58.5 Å². The van der Waals surface area contributed by atoms with Gasteiger partial charge in [0.05, 0.1) is 42.4 Å². The average Bonchev–Trinajstić information content (AvgIpc) is 2.92. The van der Waals surface area contributed by atoms with E-state index in [4.69, 9.17) is 12.2 Å². The molecule has 1 aromatic rings. The van der Waals surface area contributed by atoms with Crippen LogP contribution < -0.4 is 10.2 Å². The van der Waals surface area contributed by atoms with Gasteiger partial charge in [0.15, 0.2) is 14.9 Å². The molecular formula is C19H31FN3O2S2+. The van der Waals surface area contributed by atoms with Gasteiger partial charge in [0.25, 0.3) is 0 Å². The number of halogens is 1. The summed E-state index contributed by atoms with van der Waals surface area (Å²) in [6, 6.07) is 7.10. The van der Waals surface area contributed by atoms with Gasteiger partial charge < -0.3 is 15.1 Å². The number of benzene rings is 1. The van der Waals surface area contributed by atoms with Crippen LogP contribution in [0.1, 0.15) is 34.1 Å². The third kappa shape index (κ3) is 6.12. The highest BCUT2D eigenvalue weighted by molar-refractivity contribution is 7.91. The van der Waals surface area contributed by atoms with Crippen LogP contribution in [0.2, 0.25) is 0 Å². The molecule has 1 aliphatic heterocycles. The molecular weight excluding hydrogens is 385 g/mol. The zero-order valence-electron chi connectivity index (χ0n) is 16.5.